The van der Waals surface area contributed by atoms with Crippen molar-refractivity contribution in [1.29, 1.82) is 0 Å². The number of aromatic hydroxyl groups is 4. The molecule has 0 aromatic heterocycles. The van der Waals surface area contributed by atoms with E-state index in [-0.39, 0.29) is 23.0 Å². The molecule has 2 aromatic rings. The Kier molecular flexibility index (Phi) is 4.66. The van der Waals surface area contributed by atoms with Gasteiger partial charge in [0, 0.05) is 0 Å². The number of phenolic OH excluding ortho intramolecular Hbond substituents is 4. The van der Waals surface area contributed by atoms with E-state index < -0.39 is 0 Å². The summed E-state index contributed by atoms with van der Waals surface area (Å²) < 4.78 is 0.502. The number of phenols is 4. The van der Waals surface area contributed by atoms with Gasteiger partial charge in [0.1, 0.15) is 23.0 Å². The third kappa shape index (κ3) is 4.65. The van der Waals surface area contributed by atoms with Crippen LogP contribution in [0.1, 0.15) is 0 Å². The summed E-state index contributed by atoms with van der Waals surface area (Å²) in [6.45, 7) is 0. The van der Waals surface area contributed by atoms with Crippen LogP contribution in [-0.4, -0.2) is 20.4 Å². The van der Waals surface area contributed by atoms with Crippen LogP contribution in [0.15, 0.2) is 46.9 Å². The molecular formula is C12H11BrO4. The molecule has 0 aliphatic carbocycles. The Morgan fingerprint density at radius 2 is 1.06 bits per heavy atom. The van der Waals surface area contributed by atoms with Crippen molar-refractivity contribution in [1.82, 2.24) is 0 Å². The van der Waals surface area contributed by atoms with Gasteiger partial charge in [0.05, 0.1) is 4.47 Å². The van der Waals surface area contributed by atoms with E-state index >= 15 is 0 Å². The molecule has 5 heteroatoms. The van der Waals surface area contributed by atoms with Crippen LogP contribution in [0.4, 0.5) is 0 Å². The van der Waals surface area contributed by atoms with E-state index in [0.29, 0.717) is 4.47 Å². The van der Waals surface area contributed by atoms with E-state index in [9.17, 15) is 0 Å². The molecule has 0 radical (unpaired) electrons. The second kappa shape index (κ2) is 6.00. The highest BCUT2D eigenvalue weighted by molar-refractivity contribution is 9.10. The van der Waals surface area contributed by atoms with E-state index in [4.69, 9.17) is 20.4 Å². The number of benzene rings is 2. The molecule has 0 heterocycles. The lowest BCUT2D eigenvalue weighted by Gasteiger charge is -1.94. The van der Waals surface area contributed by atoms with Crippen LogP contribution < -0.4 is 0 Å². The van der Waals surface area contributed by atoms with E-state index in [2.05, 4.69) is 15.9 Å². The Labute approximate surface area is 107 Å². The monoisotopic (exact) mass is 298 g/mol. The Hall–Kier alpha value is -1.88. The quantitative estimate of drug-likeness (QED) is 0.564. The van der Waals surface area contributed by atoms with Crippen LogP contribution in [0, 0.1) is 0 Å². The SMILES string of the molecule is Oc1ccc(O)c(Br)c1.Oc1ccc(O)cc1. The van der Waals surface area contributed by atoms with Crippen LogP contribution in [0.3, 0.4) is 0 Å². The van der Waals surface area contributed by atoms with Crippen molar-refractivity contribution < 1.29 is 20.4 Å². The molecule has 2 rings (SSSR count). The Balaban J connectivity index is 0.000000171. The maximum atomic E-state index is 8.89. The molecule has 0 aliphatic heterocycles. The molecule has 2 aromatic carbocycles. The number of hydrogen-bond donors (Lipinski definition) is 4. The normalized spacial score (nSPS) is 9.24. The maximum absolute atomic E-state index is 8.89. The van der Waals surface area contributed by atoms with Crippen molar-refractivity contribution in [3.8, 4) is 23.0 Å². The third-order valence-electron chi connectivity index (χ3n) is 1.78. The van der Waals surface area contributed by atoms with E-state index in [1.54, 1.807) is 0 Å². The van der Waals surface area contributed by atoms with E-state index in [0.717, 1.165) is 0 Å². The molecule has 0 atom stereocenters. The van der Waals surface area contributed by atoms with Gasteiger partial charge in [0.2, 0.25) is 0 Å². The maximum Gasteiger partial charge on any atom is 0.130 e. The molecule has 0 unspecified atom stereocenters. The highest BCUT2D eigenvalue weighted by Gasteiger charge is 1.95. The Morgan fingerprint density at radius 3 is 1.41 bits per heavy atom. The Bertz CT molecular complexity index is 461. The minimum absolute atomic E-state index is 0.132. The topological polar surface area (TPSA) is 80.9 Å². The standard InChI is InChI=1S/C6H5BrO2.C6H6O2/c7-5-3-4(8)1-2-6(5)9;7-5-1-2-6(8)4-3-5/h1-3,8-9H;1-4,7-8H. The van der Waals surface area contributed by atoms with Crippen molar-refractivity contribution in [3.63, 3.8) is 0 Å². The lowest BCUT2D eigenvalue weighted by molar-refractivity contribution is 0.457. The number of halogens is 1. The predicted octanol–water partition coefficient (Wildman–Crippen LogP) is 2.96. The van der Waals surface area contributed by atoms with Crippen molar-refractivity contribution in [2.75, 3.05) is 0 Å². The molecular weight excluding hydrogens is 288 g/mol. The fourth-order valence-corrected chi connectivity index (χ4v) is 1.32. The van der Waals surface area contributed by atoms with Gasteiger partial charge in [-0.15, -0.1) is 0 Å². The van der Waals surface area contributed by atoms with Crippen molar-refractivity contribution in [2.45, 2.75) is 0 Å². The summed E-state index contributed by atoms with van der Waals surface area (Å²) in [5.74, 6) is 0.609. The molecule has 90 valence electrons. The van der Waals surface area contributed by atoms with Gasteiger partial charge in [-0.2, -0.15) is 0 Å². The summed E-state index contributed by atoms with van der Waals surface area (Å²) in [7, 11) is 0. The highest BCUT2D eigenvalue weighted by atomic mass is 79.9. The van der Waals surface area contributed by atoms with Gasteiger partial charge in [-0.25, -0.2) is 0 Å². The molecule has 0 fully saturated rings. The first-order chi connectivity index (χ1) is 7.99. The van der Waals surface area contributed by atoms with Gasteiger partial charge in [0.15, 0.2) is 0 Å². The summed E-state index contributed by atoms with van der Waals surface area (Å²) in [6, 6.07) is 9.96. The second-order valence-corrected chi connectivity index (χ2v) is 4.01. The molecule has 4 nitrogen and oxygen atoms in total. The summed E-state index contributed by atoms with van der Waals surface area (Å²) >= 11 is 3.04. The first-order valence-corrected chi connectivity index (χ1v) is 5.44. The van der Waals surface area contributed by atoms with Crippen LogP contribution in [0.25, 0.3) is 0 Å². The van der Waals surface area contributed by atoms with Gasteiger partial charge < -0.3 is 20.4 Å². The van der Waals surface area contributed by atoms with Crippen molar-refractivity contribution in [3.05, 3.63) is 46.9 Å². The number of hydrogen-bond acceptors (Lipinski definition) is 4. The van der Waals surface area contributed by atoms with Crippen LogP contribution in [-0.2, 0) is 0 Å². The van der Waals surface area contributed by atoms with Crippen LogP contribution in [0.5, 0.6) is 23.0 Å². The summed E-state index contributed by atoms with van der Waals surface area (Å²) in [4.78, 5) is 0. The first kappa shape index (κ1) is 13.2. The molecule has 4 N–H and O–H groups in total. The average molecular weight is 299 g/mol. The van der Waals surface area contributed by atoms with E-state index in [1.807, 2.05) is 0 Å². The van der Waals surface area contributed by atoms with Crippen molar-refractivity contribution in [2.24, 2.45) is 0 Å². The fraction of sp³-hybridized carbons (Fsp3) is 0. The molecule has 0 aliphatic rings. The van der Waals surface area contributed by atoms with Gasteiger partial charge in [-0.05, 0) is 58.4 Å². The summed E-state index contributed by atoms with van der Waals surface area (Å²) in [5.41, 5.74) is 0. The third-order valence-corrected chi connectivity index (χ3v) is 2.42. The summed E-state index contributed by atoms with van der Waals surface area (Å²) in [5, 5.41) is 35.0. The molecule has 0 saturated heterocycles. The zero-order chi connectivity index (χ0) is 12.8. The molecule has 0 spiro atoms. The smallest absolute Gasteiger partial charge is 0.130 e. The first-order valence-electron chi connectivity index (χ1n) is 4.64. The highest BCUT2D eigenvalue weighted by Crippen LogP contribution is 2.26. The lowest BCUT2D eigenvalue weighted by Crippen LogP contribution is -1.66. The van der Waals surface area contributed by atoms with Crippen LogP contribution >= 0.6 is 15.9 Å². The Morgan fingerprint density at radius 1 is 0.647 bits per heavy atom. The summed E-state index contributed by atoms with van der Waals surface area (Å²) in [6.07, 6.45) is 0. The zero-order valence-electron chi connectivity index (χ0n) is 8.71. The molecule has 0 bridgehead atoms. The molecule has 0 saturated carbocycles. The predicted molar refractivity (Wildman–Crippen MR) is 67.2 cm³/mol. The van der Waals surface area contributed by atoms with Crippen LogP contribution in [0.2, 0.25) is 0 Å². The second-order valence-electron chi connectivity index (χ2n) is 3.15. The van der Waals surface area contributed by atoms with Crippen molar-refractivity contribution >= 4 is 15.9 Å². The largest absolute Gasteiger partial charge is 0.508 e. The number of rotatable bonds is 0. The average Bonchev–Trinajstić information content (AvgIpc) is 2.29. The fourth-order valence-electron chi connectivity index (χ4n) is 0.948. The zero-order valence-corrected chi connectivity index (χ0v) is 10.3. The minimum atomic E-state index is 0.132. The van der Waals surface area contributed by atoms with Gasteiger partial charge in [-0.3, -0.25) is 0 Å². The van der Waals surface area contributed by atoms with Gasteiger partial charge in [-0.1, -0.05) is 0 Å². The molecule has 0 amide bonds. The lowest BCUT2D eigenvalue weighted by atomic mass is 10.3. The molecule has 17 heavy (non-hydrogen) atoms. The minimum Gasteiger partial charge on any atom is -0.508 e. The van der Waals surface area contributed by atoms with E-state index in [1.165, 1.54) is 42.5 Å². The van der Waals surface area contributed by atoms with Gasteiger partial charge in [0.25, 0.3) is 0 Å². The van der Waals surface area contributed by atoms with Gasteiger partial charge >= 0.3 is 0 Å².